The molecule has 0 unspecified atom stereocenters. The Labute approximate surface area is 250 Å². The summed E-state index contributed by atoms with van der Waals surface area (Å²) in [5.74, 6) is 0.147. The number of amides is 2. The molecular formula is C29H36Cl2N6O4. The molecule has 1 aromatic heterocycles. The number of benzene rings is 2. The summed E-state index contributed by atoms with van der Waals surface area (Å²) in [5, 5.41) is 15.7. The zero-order valence-corrected chi connectivity index (χ0v) is 24.6. The van der Waals surface area contributed by atoms with Gasteiger partial charge in [0.1, 0.15) is 0 Å². The first-order valence-electron chi connectivity index (χ1n) is 13.5. The number of nitrogens with one attached hydrogen (secondary N) is 2. The van der Waals surface area contributed by atoms with Crippen LogP contribution < -0.4 is 16.4 Å². The summed E-state index contributed by atoms with van der Waals surface area (Å²) in [7, 11) is 2.11. The van der Waals surface area contributed by atoms with Crippen LogP contribution in [-0.2, 0) is 20.8 Å². The van der Waals surface area contributed by atoms with Crippen molar-refractivity contribution >= 4 is 34.9 Å². The summed E-state index contributed by atoms with van der Waals surface area (Å²) in [6.45, 7) is 5.42. The molecule has 2 heterocycles. The molecule has 0 fully saturated rings. The minimum absolute atomic E-state index is 0.147. The summed E-state index contributed by atoms with van der Waals surface area (Å²) in [6, 6.07) is 13.7. The third-order valence-electron chi connectivity index (χ3n) is 6.60. The molecule has 0 spiro atoms. The van der Waals surface area contributed by atoms with E-state index in [-0.39, 0.29) is 5.92 Å². The first kappa shape index (κ1) is 31.0. The van der Waals surface area contributed by atoms with Gasteiger partial charge in [0.25, 0.3) is 0 Å². The third-order valence-corrected chi connectivity index (χ3v) is 7.15. The Kier molecular flexibility index (Phi) is 12.0. The summed E-state index contributed by atoms with van der Waals surface area (Å²) < 4.78 is 16.4. The highest BCUT2D eigenvalue weighted by Gasteiger charge is 2.27. The van der Waals surface area contributed by atoms with Crippen molar-refractivity contribution < 1.29 is 19.0 Å². The number of ether oxygens (including phenoxy) is 3. The van der Waals surface area contributed by atoms with Crippen LogP contribution >= 0.6 is 23.2 Å². The molecule has 0 aliphatic carbocycles. The van der Waals surface area contributed by atoms with E-state index in [2.05, 4.69) is 51.0 Å². The summed E-state index contributed by atoms with van der Waals surface area (Å²) >= 11 is 12.9. The number of nitrogens with two attached hydrogens (primary N) is 1. The molecule has 2 amide bonds. The van der Waals surface area contributed by atoms with Gasteiger partial charge in [-0.05, 0) is 48.0 Å². The fourth-order valence-corrected chi connectivity index (χ4v) is 5.27. The predicted molar refractivity (Wildman–Crippen MR) is 161 cm³/mol. The van der Waals surface area contributed by atoms with Gasteiger partial charge >= 0.3 is 6.03 Å². The van der Waals surface area contributed by atoms with Crippen LogP contribution in [0.1, 0.15) is 22.6 Å². The van der Waals surface area contributed by atoms with Gasteiger partial charge in [-0.15, -0.1) is 0 Å². The number of nitrogens with zero attached hydrogens (tertiary/aromatic N) is 3. The number of carbonyl (C=O) groups excluding carboxylic acids is 1. The molecule has 1 atom stereocenters. The van der Waals surface area contributed by atoms with Crippen LogP contribution in [0.25, 0.3) is 11.3 Å². The van der Waals surface area contributed by atoms with Crippen molar-refractivity contribution in [3.8, 4) is 11.3 Å². The molecule has 41 heavy (non-hydrogen) atoms. The SMILES string of the molecule is CN1Cc2c(Cl)cc(Cl)cc2[C@H](c2cccc(-c3cc(NCCOCCOCCOCCNC(N)=O)cnn3)c2)C1. The number of likely N-dealkylation sites (N-methyl/N-ethyl adjacent to an activating group) is 1. The smallest absolute Gasteiger partial charge is 0.312 e. The fourth-order valence-electron chi connectivity index (χ4n) is 4.71. The highest BCUT2D eigenvalue weighted by molar-refractivity contribution is 6.35. The summed E-state index contributed by atoms with van der Waals surface area (Å²) in [4.78, 5) is 12.8. The van der Waals surface area contributed by atoms with Crippen LogP contribution in [0.4, 0.5) is 10.5 Å². The Morgan fingerprint density at radius 2 is 1.76 bits per heavy atom. The number of rotatable bonds is 15. The van der Waals surface area contributed by atoms with Gasteiger partial charge in [-0.25, -0.2) is 4.79 Å². The summed E-state index contributed by atoms with van der Waals surface area (Å²) in [6.07, 6.45) is 1.70. The van der Waals surface area contributed by atoms with E-state index in [1.165, 1.54) is 11.1 Å². The Balaban J connectivity index is 1.23. The molecule has 1 aliphatic rings. The molecule has 0 saturated carbocycles. The van der Waals surface area contributed by atoms with Gasteiger partial charge in [-0.3, -0.25) is 0 Å². The zero-order chi connectivity index (χ0) is 29.0. The van der Waals surface area contributed by atoms with Crippen LogP contribution in [-0.4, -0.2) is 87.5 Å². The lowest BCUT2D eigenvalue weighted by Crippen LogP contribution is -2.32. The van der Waals surface area contributed by atoms with Crippen molar-refractivity contribution in [1.29, 1.82) is 0 Å². The minimum Gasteiger partial charge on any atom is -0.381 e. The predicted octanol–water partition coefficient (Wildman–Crippen LogP) is 4.16. The summed E-state index contributed by atoms with van der Waals surface area (Å²) in [5.41, 5.74) is 11.1. The number of hydrogen-bond acceptors (Lipinski definition) is 8. The normalized spacial score (nSPS) is 15.0. The second-order valence-electron chi connectivity index (χ2n) is 9.71. The van der Waals surface area contributed by atoms with E-state index in [4.69, 9.17) is 43.1 Å². The molecule has 0 bridgehead atoms. The molecule has 4 N–H and O–H groups in total. The van der Waals surface area contributed by atoms with E-state index in [9.17, 15) is 4.79 Å². The van der Waals surface area contributed by atoms with Gasteiger partial charge < -0.3 is 35.5 Å². The van der Waals surface area contributed by atoms with Crippen molar-refractivity contribution in [2.24, 2.45) is 5.73 Å². The number of aromatic nitrogens is 2. The Bertz CT molecular complexity index is 1300. The van der Waals surface area contributed by atoms with Crippen molar-refractivity contribution in [3.05, 3.63) is 75.4 Å². The van der Waals surface area contributed by atoms with Crippen LogP contribution in [0.5, 0.6) is 0 Å². The lowest BCUT2D eigenvalue weighted by atomic mass is 9.84. The van der Waals surface area contributed by atoms with E-state index < -0.39 is 6.03 Å². The van der Waals surface area contributed by atoms with Crippen LogP contribution in [0.2, 0.25) is 10.0 Å². The van der Waals surface area contributed by atoms with Crippen molar-refractivity contribution in [1.82, 2.24) is 20.4 Å². The second-order valence-corrected chi connectivity index (χ2v) is 10.6. The fraction of sp³-hybridized carbons (Fsp3) is 0.414. The van der Waals surface area contributed by atoms with Crippen LogP contribution in [0.3, 0.4) is 0 Å². The lowest BCUT2D eigenvalue weighted by Gasteiger charge is -2.33. The maximum atomic E-state index is 10.6. The van der Waals surface area contributed by atoms with Crippen molar-refractivity contribution in [3.63, 3.8) is 0 Å². The first-order chi connectivity index (χ1) is 19.9. The highest BCUT2D eigenvalue weighted by Crippen LogP contribution is 2.39. The van der Waals surface area contributed by atoms with Crippen LogP contribution in [0, 0.1) is 0 Å². The van der Waals surface area contributed by atoms with Gasteiger partial charge in [0.2, 0.25) is 0 Å². The minimum atomic E-state index is -0.560. The first-order valence-corrected chi connectivity index (χ1v) is 14.3. The largest absolute Gasteiger partial charge is 0.381 e. The quantitative estimate of drug-likeness (QED) is 0.222. The maximum absolute atomic E-state index is 10.6. The van der Waals surface area contributed by atoms with Crippen molar-refractivity contribution in [2.45, 2.75) is 12.5 Å². The van der Waals surface area contributed by atoms with Gasteiger partial charge in [0.05, 0.1) is 57.2 Å². The number of anilines is 1. The third kappa shape index (κ3) is 9.53. The standard InChI is InChI=1S/C29H36Cl2N6O4/c1-37-18-25(24-14-22(30)15-27(31)26(24)19-37)20-3-2-4-21(13-20)28-16-23(17-35-36-28)33-5-7-39-9-11-41-12-10-40-8-6-34-29(32)38/h2-4,13-17,25H,5-12,18-19H2,1H3,(H,33,36)(H3,32,34,38)/t25-/m0/s1. The number of halogens is 2. The van der Waals surface area contributed by atoms with Crippen molar-refractivity contribution in [2.75, 3.05) is 71.6 Å². The highest BCUT2D eigenvalue weighted by atomic mass is 35.5. The second kappa shape index (κ2) is 15.9. The van der Waals surface area contributed by atoms with Gasteiger partial charge in [-0.2, -0.15) is 10.2 Å². The number of primary amides is 1. The number of fused-ring (bicyclic) bond motifs is 1. The Morgan fingerprint density at radius 1 is 1.02 bits per heavy atom. The Morgan fingerprint density at radius 3 is 2.51 bits per heavy atom. The molecule has 12 heteroatoms. The molecule has 10 nitrogen and oxygen atoms in total. The number of carbonyl (C=O) groups is 1. The molecule has 220 valence electrons. The average molecular weight is 604 g/mol. The molecule has 4 rings (SSSR count). The molecule has 0 radical (unpaired) electrons. The number of urea groups is 1. The number of hydrogen-bond donors (Lipinski definition) is 3. The van der Waals surface area contributed by atoms with Gasteiger partial charge in [0, 0.05) is 47.7 Å². The Hall–Kier alpha value is -2.99. The topological polar surface area (TPSA) is 124 Å². The van der Waals surface area contributed by atoms with E-state index in [1.54, 1.807) is 6.20 Å². The van der Waals surface area contributed by atoms with E-state index >= 15 is 0 Å². The maximum Gasteiger partial charge on any atom is 0.312 e. The average Bonchev–Trinajstić information content (AvgIpc) is 2.95. The van der Waals surface area contributed by atoms with E-state index in [0.29, 0.717) is 62.8 Å². The molecule has 2 aromatic carbocycles. The van der Waals surface area contributed by atoms with Gasteiger partial charge in [0.15, 0.2) is 0 Å². The van der Waals surface area contributed by atoms with E-state index in [0.717, 1.165) is 35.6 Å². The molecule has 0 saturated heterocycles. The molecule has 1 aliphatic heterocycles. The molecular weight excluding hydrogens is 567 g/mol. The van der Waals surface area contributed by atoms with Gasteiger partial charge in [-0.1, -0.05) is 41.4 Å². The zero-order valence-electron chi connectivity index (χ0n) is 23.1. The lowest BCUT2D eigenvalue weighted by molar-refractivity contribution is 0.0173. The van der Waals surface area contributed by atoms with Crippen LogP contribution in [0.15, 0.2) is 48.7 Å². The monoisotopic (exact) mass is 602 g/mol. The van der Waals surface area contributed by atoms with E-state index in [1.807, 2.05) is 24.3 Å². The molecule has 3 aromatic rings.